The smallest absolute Gasteiger partial charge is 0.234 e. The van der Waals surface area contributed by atoms with Crippen LogP contribution < -0.4 is 5.32 Å². The molecule has 2 rings (SSSR count). The summed E-state index contributed by atoms with van der Waals surface area (Å²) in [5.41, 5.74) is 0.856. The van der Waals surface area contributed by atoms with Gasteiger partial charge < -0.3 is 9.88 Å². The summed E-state index contributed by atoms with van der Waals surface area (Å²) in [6, 6.07) is 7.81. The maximum Gasteiger partial charge on any atom is 0.234 e. The molecule has 1 aromatic heterocycles. The highest BCUT2D eigenvalue weighted by Crippen LogP contribution is 2.25. The quantitative estimate of drug-likeness (QED) is 0.549. The molecule has 0 aliphatic carbocycles. The van der Waals surface area contributed by atoms with Gasteiger partial charge in [-0.2, -0.15) is 0 Å². The molecule has 1 heterocycles. The van der Waals surface area contributed by atoms with Crippen molar-refractivity contribution in [1.29, 1.82) is 0 Å². The first kappa shape index (κ1) is 17.9. The zero-order valence-electron chi connectivity index (χ0n) is 13.5. The van der Waals surface area contributed by atoms with Crippen LogP contribution in [0.15, 0.2) is 40.6 Å². The lowest BCUT2D eigenvalue weighted by Crippen LogP contribution is -2.15. The third-order valence-electron chi connectivity index (χ3n) is 3.30. The van der Waals surface area contributed by atoms with Gasteiger partial charge in [0.25, 0.3) is 0 Å². The highest BCUT2D eigenvalue weighted by molar-refractivity contribution is 7.99. The Morgan fingerprint density at radius 1 is 1.30 bits per heavy atom. The molecule has 5 nitrogen and oxygen atoms in total. The van der Waals surface area contributed by atoms with Crippen molar-refractivity contribution in [3.05, 3.63) is 30.6 Å². The van der Waals surface area contributed by atoms with E-state index in [1.54, 1.807) is 18.1 Å². The molecule has 0 aliphatic heterocycles. The molecular weight excluding hydrogens is 328 g/mol. The molecule has 0 spiro atoms. The first-order chi connectivity index (χ1) is 11.2. The molecule has 23 heavy (non-hydrogen) atoms. The van der Waals surface area contributed by atoms with Gasteiger partial charge in [-0.25, -0.2) is 0 Å². The van der Waals surface area contributed by atoms with E-state index in [9.17, 15) is 4.79 Å². The van der Waals surface area contributed by atoms with E-state index in [0.717, 1.165) is 28.7 Å². The van der Waals surface area contributed by atoms with E-state index in [2.05, 4.69) is 22.4 Å². The van der Waals surface area contributed by atoms with E-state index < -0.39 is 0 Å². The van der Waals surface area contributed by atoms with Gasteiger partial charge in [0.05, 0.1) is 11.4 Å². The number of aromatic nitrogens is 3. The molecule has 0 bridgehead atoms. The first-order valence-electron chi connectivity index (χ1n) is 7.68. The lowest BCUT2D eigenvalue weighted by atomic mass is 10.2. The number of carbonyl (C=O) groups excluding carboxylic acids is 1. The second kappa shape index (κ2) is 9.62. The standard InChI is InChI=1S/C16H22N4OS2/c1-3-4-7-10-20-12-17-19-16(20)23-11-15(21)18-13-8-5-6-9-14(13)22-2/h5-6,8-9,12H,3-4,7,10-11H2,1-2H3,(H,18,21). The molecule has 1 amide bonds. The molecule has 0 unspecified atom stereocenters. The number of nitrogens with zero attached hydrogens (tertiary/aromatic N) is 3. The monoisotopic (exact) mass is 350 g/mol. The number of hydrogen-bond donors (Lipinski definition) is 1. The van der Waals surface area contributed by atoms with Crippen molar-refractivity contribution in [2.45, 2.75) is 42.8 Å². The van der Waals surface area contributed by atoms with E-state index in [1.807, 2.05) is 35.1 Å². The molecule has 1 N–H and O–H groups in total. The maximum atomic E-state index is 12.1. The number of nitrogens with one attached hydrogen (secondary N) is 1. The Labute approximate surface area is 145 Å². The Balaban J connectivity index is 1.86. The lowest BCUT2D eigenvalue weighted by molar-refractivity contribution is -0.113. The van der Waals surface area contributed by atoms with Gasteiger partial charge in [0.15, 0.2) is 5.16 Å². The predicted molar refractivity (Wildman–Crippen MR) is 97.1 cm³/mol. The zero-order valence-corrected chi connectivity index (χ0v) is 15.1. The summed E-state index contributed by atoms with van der Waals surface area (Å²) in [6.45, 7) is 3.08. The van der Waals surface area contributed by atoms with Gasteiger partial charge in [-0.05, 0) is 24.8 Å². The molecule has 0 fully saturated rings. The van der Waals surface area contributed by atoms with Crippen LogP contribution in [0.4, 0.5) is 5.69 Å². The Hall–Kier alpha value is -1.47. The summed E-state index contributed by atoms with van der Waals surface area (Å²) in [7, 11) is 0. The minimum atomic E-state index is -0.0281. The van der Waals surface area contributed by atoms with Crippen LogP contribution in [0.5, 0.6) is 0 Å². The van der Waals surface area contributed by atoms with Gasteiger partial charge in [0.2, 0.25) is 5.91 Å². The number of para-hydroxylation sites is 1. The zero-order chi connectivity index (χ0) is 16.5. The van der Waals surface area contributed by atoms with E-state index in [0.29, 0.717) is 5.75 Å². The Bertz CT molecular complexity index is 630. The fourth-order valence-corrected chi connectivity index (χ4v) is 3.40. The topological polar surface area (TPSA) is 59.8 Å². The van der Waals surface area contributed by atoms with Crippen LogP contribution in [0.2, 0.25) is 0 Å². The number of aryl methyl sites for hydroxylation is 1. The largest absolute Gasteiger partial charge is 0.324 e. The van der Waals surface area contributed by atoms with E-state index in [1.165, 1.54) is 24.6 Å². The van der Waals surface area contributed by atoms with Gasteiger partial charge in [-0.1, -0.05) is 43.7 Å². The van der Waals surface area contributed by atoms with Crippen molar-refractivity contribution < 1.29 is 4.79 Å². The third-order valence-corrected chi connectivity index (χ3v) is 5.07. The minimum Gasteiger partial charge on any atom is -0.324 e. The third kappa shape index (κ3) is 5.58. The molecular formula is C16H22N4OS2. The van der Waals surface area contributed by atoms with Crippen LogP contribution in [0.1, 0.15) is 26.2 Å². The summed E-state index contributed by atoms with van der Waals surface area (Å²) < 4.78 is 2.02. The van der Waals surface area contributed by atoms with Crippen LogP contribution in [-0.4, -0.2) is 32.7 Å². The molecule has 124 valence electrons. The summed E-state index contributed by atoms with van der Waals surface area (Å²) >= 11 is 3.04. The SMILES string of the molecule is CCCCCn1cnnc1SCC(=O)Nc1ccccc1SC. The van der Waals surface area contributed by atoms with Crippen molar-refractivity contribution in [2.24, 2.45) is 0 Å². The second-order valence-electron chi connectivity index (χ2n) is 5.05. The fourth-order valence-electron chi connectivity index (χ4n) is 2.11. The number of anilines is 1. The van der Waals surface area contributed by atoms with Crippen LogP contribution >= 0.6 is 23.5 Å². The summed E-state index contributed by atoms with van der Waals surface area (Å²) in [5, 5.41) is 11.8. The second-order valence-corrected chi connectivity index (χ2v) is 6.84. The highest BCUT2D eigenvalue weighted by Gasteiger charge is 2.10. The summed E-state index contributed by atoms with van der Waals surface area (Å²) in [5.74, 6) is 0.300. The number of amides is 1. The number of thioether (sulfide) groups is 2. The molecule has 7 heteroatoms. The lowest BCUT2D eigenvalue weighted by Gasteiger charge is -2.09. The van der Waals surface area contributed by atoms with E-state index >= 15 is 0 Å². The fraction of sp³-hybridized carbons (Fsp3) is 0.438. The number of hydrogen-bond acceptors (Lipinski definition) is 5. The van der Waals surface area contributed by atoms with Gasteiger partial charge in [-0.3, -0.25) is 4.79 Å². The highest BCUT2D eigenvalue weighted by atomic mass is 32.2. The number of benzene rings is 1. The van der Waals surface area contributed by atoms with Gasteiger partial charge in [0, 0.05) is 11.4 Å². The summed E-state index contributed by atoms with van der Waals surface area (Å²) in [4.78, 5) is 13.2. The van der Waals surface area contributed by atoms with Crippen LogP contribution in [0, 0.1) is 0 Å². The predicted octanol–water partition coefficient (Wildman–Crippen LogP) is 3.92. The maximum absolute atomic E-state index is 12.1. The van der Waals surface area contributed by atoms with Crippen molar-refractivity contribution >= 4 is 35.1 Å². The van der Waals surface area contributed by atoms with Crippen LogP contribution in [0.25, 0.3) is 0 Å². The average Bonchev–Trinajstić information content (AvgIpc) is 3.01. The Kier molecular flexibility index (Phi) is 7.48. The normalized spacial score (nSPS) is 10.7. The van der Waals surface area contributed by atoms with Crippen molar-refractivity contribution in [3.8, 4) is 0 Å². The molecule has 0 saturated carbocycles. The molecule has 1 aromatic carbocycles. The number of rotatable bonds is 9. The number of carbonyl (C=O) groups is 1. The van der Waals surface area contributed by atoms with Crippen molar-refractivity contribution in [1.82, 2.24) is 14.8 Å². The Morgan fingerprint density at radius 2 is 2.13 bits per heavy atom. The van der Waals surface area contributed by atoms with Crippen molar-refractivity contribution in [2.75, 3.05) is 17.3 Å². The van der Waals surface area contributed by atoms with Gasteiger partial charge in [-0.15, -0.1) is 22.0 Å². The number of unbranched alkanes of at least 4 members (excludes halogenated alkanes) is 2. The first-order valence-corrected chi connectivity index (χ1v) is 9.89. The van der Waals surface area contributed by atoms with Gasteiger partial charge in [0.1, 0.15) is 6.33 Å². The molecule has 0 radical (unpaired) electrons. The van der Waals surface area contributed by atoms with Crippen LogP contribution in [-0.2, 0) is 11.3 Å². The summed E-state index contributed by atoms with van der Waals surface area (Å²) in [6.07, 6.45) is 7.21. The van der Waals surface area contributed by atoms with Crippen molar-refractivity contribution in [3.63, 3.8) is 0 Å². The minimum absolute atomic E-state index is 0.0281. The van der Waals surface area contributed by atoms with E-state index in [4.69, 9.17) is 0 Å². The van der Waals surface area contributed by atoms with E-state index in [-0.39, 0.29) is 5.91 Å². The Morgan fingerprint density at radius 3 is 2.91 bits per heavy atom. The molecule has 0 saturated heterocycles. The molecule has 0 atom stereocenters. The average molecular weight is 351 g/mol. The van der Waals surface area contributed by atoms with Gasteiger partial charge >= 0.3 is 0 Å². The molecule has 0 aliphatic rings. The van der Waals surface area contributed by atoms with Crippen LogP contribution in [0.3, 0.4) is 0 Å². The molecule has 2 aromatic rings.